The monoisotopic (exact) mass is 547 g/mol. The zero-order chi connectivity index (χ0) is 27.3. The number of fused-ring (bicyclic) bond motifs is 1. The quantitative estimate of drug-likeness (QED) is 0.130. The van der Waals surface area contributed by atoms with Crippen molar-refractivity contribution in [3.63, 3.8) is 0 Å². The number of hydrogen-bond donors (Lipinski definition) is 4. The van der Waals surface area contributed by atoms with Gasteiger partial charge < -0.3 is 20.9 Å². The van der Waals surface area contributed by atoms with Crippen LogP contribution in [0, 0.1) is 20.8 Å². The fourth-order valence-electron chi connectivity index (χ4n) is 3.91. The number of nitrogens with zero attached hydrogens (tertiary/aromatic N) is 2. The second-order valence-electron chi connectivity index (χ2n) is 8.34. The van der Waals surface area contributed by atoms with E-state index in [1.54, 1.807) is 39.0 Å². The van der Waals surface area contributed by atoms with Gasteiger partial charge in [-0.25, -0.2) is 22.9 Å². The number of para-hydroxylation sites is 1. The molecule has 37 heavy (non-hydrogen) atoms. The molecule has 0 aliphatic carbocycles. The summed E-state index contributed by atoms with van der Waals surface area (Å²) < 4.78 is 34.3. The fourth-order valence-corrected chi connectivity index (χ4v) is 6.35. The molecule has 3 rings (SSSR count). The van der Waals surface area contributed by atoms with Crippen LogP contribution in [-0.4, -0.2) is 56.0 Å². The van der Waals surface area contributed by atoms with E-state index in [0.29, 0.717) is 28.0 Å². The predicted molar refractivity (Wildman–Crippen MR) is 142 cm³/mol. The maximum absolute atomic E-state index is 13.0. The van der Waals surface area contributed by atoms with Crippen molar-refractivity contribution in [1.82, 2.24) is 15.0 Å². The van der Waals surface area contributed by atoms with Crippen LogP contribution in [0.5, 0.6) is 5.75 Å². The van der Waals surface area contributed by atoms with E-state index in [0.717, 1.165) is 4.70 Å². The minimum atomic E-state index is -4.01. The summed E-state index contributed by atoms with van der Waals surface area (Å²) in [7, 11) is -2.50. The lowest BCUT2D eigenvalue weighted by atomic mass is 10.1. The molecular weight excluding hydrogens is 518 g/mol. The second-order valence-corrected chi connectivity index (χ2v) is 11.0. The van der Waals surface area contributed by atoms with Crippen molar-refractivity contribution in [2.24, 2.45) is 10.7 Å². The third-order valence-corrected chi connectivity index (χ3v) is 8.45. The van der Waals surface area contributed by atoms with Crippen LogP contribution >= 0.6 is 11.3 Å². The highest BCUT2D eigenvalue weighted by Gasteiger charge is 2.25. The SMILES string of the molecule is COc1cc(C)c(S(=O)(=O)NC(N)=NCCCC(NC(=O)O)C(=O)c2nc3ccccc3s2)c(C)c1C. The molecule has 1 unspecified atom stereocenters. The molecule has 11 nitrogen and oxygen atoms in total. The second kappa shape index (κ2) is 11.6. The Kier molecular flexibility index (Phi) is 8.71. The molecule has 1 amide bonds. The molecule has 3 aromatic rings. The summed E-state index contributed by atoms with van der Waals surface area (Å²) in [6.45, 7) is 5.18. The Labute approximate surface area is 218 Å². The van der Waals surface area contributed by atoms with Crippen molar-refractivity contribution in [2.45, 2.75) is 44.6 Å². The van der Waals surface area contributed by atoms with Gasteiger partial charge in [-0.2, -0.15) is 0 Å². The summed E-state index contributed by atoms with van der Waals surface area (Å²) in [5.41, 5.74) is 8.22. The Bertz CT molecular complexity index is 1430. The van der Waals surface area contributed by atoms with Gasteiger partial charge in [-0.15, -0.1) is 11.3 Å². The van der Waals surface area contributed by atoms with Crippen molar-refractivity contribution < 1.29 is 27.9 Å². The summed E-state index contributed by atoms with van der Waals surface area (Å²) in [4.78, 5) is 32.6. The standard InChI is InChI=1S/C24H29N5O6S2/c1-13-12-18(35-4)14(2)15(3)21(13)37(33,34)29-23(25)26-11-7-9-17(28-24(31)32)20(30)22-27-16-8-5-6-10-19(16)36-22/h5-6,8,10,12,17,28H,7,9,11H2,1-4H3,(H,31,32)(H3,25,26,29). The number of benzene rings is 2. The van der Waals surface area contributed by atoms with Gasteiger partial charge in [-0.1, -0.05) is 12.1 Å². The molecule has 0 saturated carbocycles. The zero-order valence-corrected chi connectivity index (χ0v) is 22.5. The Balaban J connectivity index is 1.67. The summed E-state index contributed by atoms with van der Waals surface area (Å²) >= 11 is 1.19. The number of nitrogens with two attached hydrogens (primary N) is 1. The number of aromatic nitrogens is 1. The van der Waals surface area contributed by atoms with Gasteiger partial charge in [0.1, 0.15) is 5.75 Å². The van der Waals surface area contributed by atoms with E-state index < -0.39 is 27.9 Å². The summed E-state index contributed by atoms with van der Waals surface area (Å²) in [6, 6.07) is 7.85. The number of aryl methyl sites for hydroxylation is 1. The van der Waals surface area contributed by atoms with Crippen molar-refractivity contribution in [3.05, 3.63) is 52.0 Å². The highest BCUT2D eigenvalue weighted by Crippen LogP contribution is 2.30. The van der Waals surface area contributed by atoms with E-state index >= 15 is 0 Å². The highest BCUT2D eigenvalue weighted by molar-refractivity contribution is 7.90. The Morgan fingerprint density at radius 2 is 1.92 bits per heavy atom. The van der Waals surface area contributed by atoms with Crippen molar-refractivity contribution in [3.8, 4) is 5.75 Å². The number of amides is 1. The minimum Gasteiger partial charge on any atom is -0.496 e. The number of methoxy groups -OCH3 is 1. The largest absolute Gasteiger partial charge is 0.496 e. The van der Waals surface area contributed by atoms with Crippen molar-refractivity contribution in [2.75, 3.05) is 13.7 Å². The average Bonchev–Trinajstić information content (AvgIpc) is 3.26. The van der Waals surface area contributed by atoms with Crippen LogP contribution in [0.3, 0.4) is 0 Å². The maximum Gasteiger partial charge on any atom is 0.405 e. The maximum atomic E-state index is 13.0. The number of sulfonamides is 1. The van der Waals surface area contributed by atoms with Gasteiger partial charge in [0, 0.05) is 6.54 Å². The summed E-state index contributed by atoms with van der Waals surface area (Å²) in [6.07, 6.45) is -0.944. The first-order chi connectivity index (χ1) is 17.4. The number of carbonyl (C=O) groups excluding carboxylic acids is 1. The smallest absolute Gasteiger partial charge is 0.405 e. The third kappa shape index (κ3) is 6.54. The molecule has 1 aromatic heterocycles. The molecule has 5 N–H and O–H groups in total. The Morgan fingerprint density at radius 3 is 2.57 bits per heavy atom. The predicted octanol–water partition coefficient (Wildman–Crippen LogP) is 3.12. The number of ether oxygens (including phenoxy) is 1. The molecule has 0 radical (unpaired) electrons. The summed E-state index contributed by atoms with van der Waals surface area (Å²) in [5.74, 6) is -0.171. The fraction of sp³-hybridized carbons (Fsp3) is 0.333. The van der Waals surface area contributed by atoms with Crippen LogP contribution < -0.4 is 20.5 Å². The molecule has 0 bridgehead atoms. The number of hydrogen-bond acceptors (Lipinski definition) is 8. The minimum absolute atomic E-state index is 0.0683. The molecule has 13 heteroatoms. The van der Waals surface area contributed by atoms with Gasteiger partial charge in [0.15, 0.2) is 5.01 Å². The number of Topliss-reactive ketones (excluding diaryl/α,β-unsaturated/α-hetero) is 1. The number of guanidine groups is 1. The first kappa shape index (κ1) is 27.9. The lowest BCUT2D eigenvalue weighted by molar-refractivity contribution is 0.0930. The molecule has 0 aliphatic heterocycles. The van der Waals surface area contributed by atoms with Gasteiger partial charge in [0.05, 0.1) is 28.3 Å². The number of ketones is 1. The van der Waals surface area contributed by atoms with Gasteiger partial charge in [0.25, 0.3) is 10.0 Å². The molecule has 198 valence electrons. The molecule has 0 spiro atoms. The molecular formula is C24H29N5O6S2. The highest BCUT2D eigenvalue weighted by atomic mass is 32.2. The van der Waals surface area contributed by atoms with E-state index in [1.165, 1.54) is 18.4 Å². The first-order valence-corrected chi connectivity index (χ1v) is 13.6. The lowest BCUT2D eigenvalue weighted by Crippen LogP contribution is -2.40. The average molecular weight is 548 g/mol. The molecule has 0 aliphatic rings. The Morgan fingerprint density at radius 1 is 1.22 bits per heavy atom. The van der Waals surface area contributed by atoms with E-state index in [4.69, 9.17) is 10.5 Å². The molecule has 1 atom stereocenters. The van der Waals surface area contributed by atoms with Crippen molar-refractivity contribution in [1.29, 1.82) is 0 Å². The van der Waals surface area contributed by atoms with Crippen LogP contribution in [0.4, 0.5) is 4.79 Å². The molecule has 1 heterocycles. The number of thiazole rings is 1. The molecule has 0 saturated heterocycles. The van der Waals surface area contributed by atoms with Crippen LogP contribution in [0.25, 0.3) is 10.2 Å². The summed E-state index contributed by atoms with van der Waals surface area (Å²) in [5, 5.41) is 11.6. The molecule has 2 aromatic carbocycles. The van der Waals surface area contributed by atoms with Crippen LogP contribution in [0.1, 0.15) is 39.3 Å². The van der Waals surface area contributed by atoms with E-state index in [-0.39, 0.29) is 35.2 Å². The van der Waals surface area contributed by atoms with Crippen molar-refractivity contribution >= 4 is 49.4 Å². The molecule has 0 fully saturated rings. The van der Waals surface area contributed by atoms with Gasteiger partial charge in [-0.3, -0.25) is 9.79 Å². The van der Waals surface area contributed by atoms with E-state index in [2.05, 4.69) is 20.0 Å². The topological polar surface area (TPSA) is 173 Å². The number of aliphatic imine (C=N–C) groups is 1. The third-order valence-electron chi connectivity index (χ3n) is 5.76. The van der Waals surface area contributed by atoms with Crippen LogP contribution in [-0.2, 0) is 10.0 Å². The Hall–Kier alpha value is -3.71. The normalized spacial score (nSPS) is 12.8. The number of rotatable bonds is 10. The van der Waals surface area contributed by atoms with Crippen LogP contribution in [0.2, 0.25) is 0 Å². The number of nitrogens with one attached hydrogen (secondary N) is 2. The van der Waals surface area contributed by atoms with Crippen LogP contribution in [0.15, 0.2) is 40.2 Å². The lowest BCUT2D eigenvalue weighted by Gasteiger charge is -2.17. The van der Waals surface area contributed by atoms with Gasteiger partial charge in [0.2, 0.25) is 11.7 Å². The van der Waals surface area contributed by atoms with E-state index in [1.807, 2.05) is 12.1 Å². The van der Waals surface area contributed by atoms with Gasteiger partial charge in [-0.05, 0) is 68.5 Å². The van der Waals surface area contributed by atoms with E-state index in [9.17, 15) is 23.1 Å². The number of carbonyl (C=O) groups is 2. The zero-order valence-electron chi connectivity index (χ0n) is 20.9. The van der Waals surface area contributed by atoms with Gasteiger partial charge >= 0.3 is 6.09 Å². The number of carboxylic acid groups (broad SMARTS) is 1. The first-order valence-electron chi connectivity index (χ1n) is 11.3.